The maximum Gasteiger partial charge on any atom is 0.203 e. The van der Waals surface area contributed by atoms with Crippen molar-refractivity contribution in [2.75, 3.05) is 0 Å². The van der Waals surface area contributed by atoms with Gasteiger partial charge in [0.05, 0.1) is 33.1 Å². The number of nitrogens with zero attached hydrogens (tertiary/aromatic N) is 4. The molecule has 294 valence electrons. The third kappa shape index (κ3) is 5.14. The van der Waals surface area contributed by atoms with Gasteiger partial charge in [0.25, 0.3) is 0 Å². The second-order valence-corrected chi connectivity index (χ2v) is 20.1. The topological polar surface area (TPSA) is 35.6 Å². The third-order valence-corrected chi connectivity index (χ3v) is 17.9. The van der Waals surface area contributed by atoms with E-state index in [2.05, 4.69) is 240 Å². The van der Waals surface area contributed by atoms with Crippen LogP contribution in [-0.4, -0.2) is 27.2 Å². The van der Waals surface area contributed by atoms with Crippen LogP contribution in [0.25, 0.3) is 88.8 Å². The molecule has 13 rings (SSSR count). The number of hydrogen-bond acceptors (Lipinski definition) is 2. The number of para-hydroxylation sites is 3. The van der Waals surface area contributed by atoms with Crippen molar-refractivity contribution in [3.63, 3.8) is 0 Å². The summed E-state index contributed by atoms with van der Waals surface area (Å²) in [5, 5.41) is 10.1. The Labute approximate surface area is 365 Å². The van der Waals surface area contributed by atoms with E-state index in [0.717, 1.165) is 55.9 Å². The zero-order valence-electron chi connectivity index (χ0n) is 34.2. The molecular formula is C58H38N4Si. The van der Waals surface area contributed by atoms with Crippen LogP contribution in [0.4, 0.5) is 0 Å². The number of fused-ring (bicyclic) bond motifs is 10. The zero-order valence-corrected chi connectivity index (χ0v) is 35.2. The Kier molecular flexibility index (Phi) is 7.89. The second-order valence-electron chi connectivity index (χ2n) is 16.5. The van der Waals surface area contributed by atoms with Crippen LogP contribution in [0.1, 0.15) is 0 Å². The van der Waals surface area contributed by atoms with Gasteiger partial charge in [-0.1, -0.05) is 176 Å². The lowest BCUT2D eigenvalue weighted by molar-refractivity contribution is 1.17. The molecule has 9 aromatic carbocycles. The molecule has 0 N–H and O–H groups in total. The Balaban J connectivity index is 1.05. The maximum absolute atomic E-state index is 5.76. The SMILES string of the molecule is c1ccc(-c2nc(-c3ccc(-n4c5ccccc5c5c4ccc4c6ccccc6n(-c6ccccc6)c45)cc3)nc3c2-c2ccccc2[Si]3(c2ccccc2)c2ccccc2)cc1. The molecule has 0 saturated heterocycles. The summed E-state index contributed by atoms with van der Waals surface area (Å²) in [4.78, 5) is 11.3. The van der Waals surface area contributed by atoms with Gasteiger partial charge in [-0.15, -0.1) is 0 Å². The van der Waals surface area contributed by atoms with Crippen LogP contribution in [0.15, 0.2) is 231 Å². The average molecular weight is 819 g/mol. The molecule has 4 heterocycles. The maximum atomic E-state index is 5.76. The van der Waals surface area contributed by atoms with E-state index in [4.69, 9.17) is 9.97 Å². The van der Waals surface area contributed by atoms with Crippen molar-refractivity contribution in [1.29, 1.82) is 0 Å². The summed E-state index contributed by atoms with van der Waals surface area (Å²) in [5.41, 5.74) is 12.4. The highest BCUT2D eigenvalue weighted by Crippen LogP contribution is 2.42. The number of benzene rings is 9. The molecule has 0 unspecified atom stereocenters. The van der Waals surface area contributed by atoms with Gasteiger partial charge in [0, 0.05) is 49.6 Å². The van der Waals surface area contributed by atoms with Crippen molar-refractivity contribution in [3.05, 3.63) is 231 Å². The smallest absolute Gasteiger partial charge is 0.203 e. The summed E-state index contributed by atoms with van der Waals surface area (Å²) in [6, 6.07) is 83.6. The minimum Gasteiger partial charge on any atom is -0.309 e. The van der Waals surface area contributed by atoms with Crippen molar-refractivity contribution in [2.45, 2.75) is 0 Å². The van der Waals surface area contributed by atoms with Crippen LogP contribution in [-0.2, 0) is 0 Å². The standard InChI is InChI=1S/C58H38N4Si/c1-5-19-39(20-6-1)55-54-48-29-15-18-32-52(48)63(43-23-9-3-10-24-43,44-25-11-4-12-26-44)58(54)60-57(59-55)40-33-35-42(36-34-40)61-50-31-17-14-28-47(50)53-51(61)38-37-46-45-27-13-16-30-49(45)62(56(46)53)41-21-7-2-8-22-41/h1-38H. The highest BCUT2D eigenvalue weighted by Gasteiger charge is 2.51. The Bertz CT molecular complexity index is 3670. The van der Waals surface area contributed by atoms with E-state index in [-0.39, 0.29) is 0 Å². The Morgan fingerprint density at radius 2 is 0.921 bits per heavy atom. The van der Waals surface area contributed by atoms with Gasteiger partial charge in [-0.2, -0.15) is 0 Å². The largest absolute Gasteiger partial charge is 0.309 e. The van der Waals surface area contributed by atoms with E-state index >= 15 is 0 Å². The Morgan fingerprint density at radius 1 is 0.365 bits per heavy atom. The monoisotopic (exact) mass is 818 g/mol. The van der Waals surface area contributed by atoms with Gasteiger partial charge in [-0.25, -0.2) is 9.97 Å². The first-order chi connectivity index (χ1) is 31.3. The third-order valence-electron chi connectivity index (χ3n) is 13.2. The van der Waals surface area contributed by atoms with E-state index in [0.29, 0.717) is 0 Å². The molecule has 5 heteroatoms. The van der Waals surface area contributed by atoms with Gasteiger partial charge < -0.3 is 9.13 Å². The molecule has 0 spiro atoms. The fraction of sp³-hybridized carbons (Fsp3) is 0. The summed E-state index contributed by atoms with van der Waals surface area (Å²) in [6.07, 6.45) is 0. The van der Waals surface area contributed by atoms with E-state index < -0.39 is 8.07 Å². The van der Waals surface area contributed by atoms with Crippen LogP contribution < -0.4 is 20.9 Å². The predicted molar refractivity (Wildman–Crippen MR) is 264 cm³/mol. The lowest BCUT2D eigenvalue weighted by Crippen LogP contribution is -2.73. The first-order valence-electron chi connectivity index (χ1n) is 21.6. The molecule has 1 aliphatic rings. The van der Waals surface area contributed by atoms with Crippen LogP contribution in [0.5, 0.6) is 0 Å². The second kappa shape index (κ2) is 14.0. The number of rotatable bonds is 6. The normalized spacial score (nSPS) is 12.9. The number of hydrogen-bond donors (Lipinski definition) is 0. The molecule has 0 saturated carbocycles. The van der Waals surface area contributed by atoms with Crippen LogP contribution in [0.2, 0.25) is 0 Å². The van der Waals surface area contributed by atoms with E-state index in [1.54, 1.807) is 0 Å². The summed E-state index contributed by atoms with van der Waals surface area (Å²) in [6.45, 7) is 0. The highest BCUT2D eigenvalue weighted by molar-refractivity contribution is 7.21. The molecule has 4 nitrogen and oxygen atoms in total. The fourth-order valence-electron chi connectivity index (χ4n) is 10.6. The summed E-state index contributed by atoms with van der Waals surface area (Å²) < 4.78 is 4.86. The average Bonchev–Trinajstić information content (AvgIpc) is 3.99. The molecule has 0 amide bonds. The molecule has 63 heavy (non-hydrogen) atoms. The molecule has 0 radical (unpaired) electrons. The van der Waals surface area contributed by atoms with Gasteiger partial charge in [-0.05, 0) is 75.7 Å². The predicted octanol–water partition coefficient (Wildman–Crippen LogP) is 11.4. The van der Waals surface area contributed by atoms with Gasteiger partial charge in [0.1, 0.15) is 0 Å². The summed E-state index contributed by atoms with van der Waals surface area (Å²) in [7, 11) is -2.89. The molecule has 0 bridgehead atoms. The van der Waals surface area contributed by atoms with Crippen LogP contribution in [0, 0.1) is 0 Å². The van der Waals surface area contributed by atoms with Crippen molar-refractivity contribution in [1.82, 2.24) is 19.1 Å². The van der Waals surface area contributed by atoms with E-state index in [9.17, 15) is 0 Å². The first kappa shape index (κ1) is 35.6. The van der Waals surface area contributed by atoms with Crippen LogP contribution in [0.3, 0.4) is 0 Å². The Morgan fingerprint density at radius 3 is 1.62 bits per heavy atom. The van der Waals surface area contributed by atoms with Crippen molar-refractivity contribution < 1.29 is 0 Å². The van der Waals surface area contributed by atoms with Gasteiger partial charge in [0.15, 0.2) is 5.82 Å². The Hall–Kier alpha value is -8.12. The van der Waals surface area contributed by atoms with Crippen molar-refractivity contribution >= 4 is 72.6 Å². The van der Waals surface area contributed by atoms with Crippen LogP contribution >= 0.6 is 0 Å². The number of aromatic nitrogens is 4. The lowest BCUT2D eigenvalue weighted by atomic mass is 10.0. The zero-order chi connectivity index (χ0) is 41.5. The molecule has 1 aliphatic heterocycles. The van der Waals surface area contributed by atoms with E-state index in [1.165, 1.54) is 53.7 Å². The fourth-order valence-corrected chi connectivity index (χ4v) is 15.6. The molecule has 12 aromatic rings. The van der Waals surface area contributed by atoms with Crippen molar-refractivity contribution in [3.8, 4) is 45.1 Å². The lowest BCUT2D eigenvalue weighted by Gasteiger charge is -2.30. The van der Waals surface area contributed by atoms with Crippen molar-refractivity contribution in [2.24, 2.45) is 0 Å². The first-order valence-corrected chi connectivity index (χ1v) is 23.6. The summed E-state index contributed by atoms with van der Waals surface area (Å²) >= 11 is 0. The minimum atomic E-state index is -2.89. The van der Waals surface area contributed by atoms with Gasteiger partial charge >= 0.3 is 0 Å². The van der Waals surface area contributed by atoms with Gasteiger partial charge in [-0.3, -0.25) is 0 Å². The molecule has 0 aliphatic carbocycles. The quantitative estimate of drug-likeness (QED) is 0.157. The molecule has 0 fully saturated rings. The molecule has 3 aromatic heterocycles. The van der Waals surface area contributed by atoms with Gasteiger partial charge in [0.2, 0.25) is 8.07 Å². The van der Waals surface area contributed by atoms with E-state index in [1.807, 2.05) is 0 Å². The highest BCUT2D eigenvalue weighted by atomic mass is 28.3. The molecular weight excluding hydrogens is 781 g/mol. The summed E-state index contributed by atoms with van der Waals surface area (Å²) in [5.74, 6) is 0.729. The minimum absolute atomic E-state index is 0.729. The molecule has 0 atom stereocenters.